The molecule has 0 spiro atoms. The first-order chi connectivity index (χ1) is 12.6. The highest BCUT2D eigenvalue weighted by Gasteiger charge is 2.31. The number of morpholine rings is 1. The topological polar surface area (TPSA) is 62.4 Å². The number of aromatic amines is 1. The molecule has 3 aromatic rings. The summed E-state index contributed by atoms with van der Waals surface area (Å²) in [6.45, 7) is 3.06. The number of nitrogens with one attached hydrogen (secondary N) is 1. The number of H-pyrrole nitrogens is 1. The van der Waals surface area contributed by atoms with Gasteiger partial charge in [-0.15, -0.1) is 0 Å². The van der Waals surface area contributed by atoms with Gasteiger partial charge in [-0.05, 0) is 18.6 Å². The Morgan fingerprint density at radius 2 is 1.81 bits per heavy atom. The summed E-state index contributed by atoms with van der Waals surface area (Å²) in [5.74, 6) is -0.934. The number of aryl methyl sites for hydroxylation is 1. The number of fused-ring (bicyclic) bond motifs is 1. The lowest BCUT2D eigenvalue weighted by molar-refractivity contribution is -0.134. The number of carbonyl (C=O) groups is 2. The second kappa shape index (κ2) is 6.77. The van der Waals surface area contributed by atoms with Crippen molar-refractivity contribution in [1.82, 2.24) is 9.88 Å². The molecule has 0 radical (unpaired) electrons. The fourth-order valence-electron chi connectivity index (χ4n) is 3.52. The minimum absolute atomic E-state index is 0.203. The molecule has 2 heterocycles. The van der Waals surface area contributed by atoms with Crippen LogP contribution in [0.4, 0.5) is 0 Å². The van der Waals surface area contributed by atoms with Crippen molar-refractivity contribution in [2.75, 3.05) is 19.7 Å². The SMILES string of the molecule is Cc1[nH]c2ccccc2c1C(=O)C(=O)N1CCOC(c2ccccc2)C1. The maximum Gasteiger partial charge on any atom is 0.295 e. The molecule has 0 aliphatic carbocycles. The summed E-state index contributed by atoms with van der Waals surface area (Å²) in [6, 6.07) is 17.3. The fraction of sp³-hybridized carbons (Fsp3) is 0.238. The summed E-state index contributed by atoms with van der Waals surface area (Å²) in [4.78, 5) is 30.6. The highest BCUT2D eigenvalue weighted by Crippen LogP contribution is 2.25. The van der Waals surface area contributed by atoms with Gasteiger partial charge in [-0.25, -0.2) is 0 Å². The van der Waals surface area contributed by atoms with Crippen molar-refractivity contribution in [2.45, 2.75) is 13.0 Å². The maximum atomic E-state index is 12.9. The standard InChI is InChI=1S/C21H20N2O3/c1-14-19(16-9-5-6-10-17(16)22-14)20(24)21(25)23-11-12-26-18(13-23)15-7-3-2-4-8-15/h2-10,18,22H,11-13H2,1H3. The van der Waals surface area contributed by atoms with Crippen LogP contribution >= 0.6 is 0 Å². The summed E-state index contributed by atoms with van der Waals surface area (Å²) in [7, 11) is 0. The minimum atomic E-state index is -0.470. The van der Waals surface area contributed by atoms with Crippen LogP contribution in [0.1, 0.15) is 27.7 Å². The second-order valence-corrected chi connectivity index (χ2v) is 6.52. The first-order valence-corrected chi connectivity index (χ1v) is 8.72. The van der Waals surface area contributed by atoms with Crippen molar-refractivity contribution in [3.05, 3.63) is 71.4 Å². The third-order valence-corrected chi connectivity index (χ3v) is 4.84. The number of amides is 1. The number of hydrogen-bond acceptors (Lipinski definition) is 3. The number of ketones is 1. The Labute approximate surface area is 151 Å². The number of nitrogens with zero attached hydrogens (tertiary/aromatic N) is 1. The molecule has 132 valence electrons. The Balaban J connectivity index is 1.58. The summed E-state index contributed by atoms with van der Waals surface area (Å²) >= 11 is 0. The summed E-state index contributed by atoms with van der Waals surface area (Å²) in [5.41, 5.74) is 3.07. The van der Waals surface area contributed by atoms with Crippen LogP contribution in [0.3, 0.4) is 0 Å². The van der Waals surface area contributed by atoms with Gasteiger partial charge in [-0.2, -0.15) is 0 Å². The molecule has 1 aliphatic rings. The normalized spacial score (nSPS) is 17.4. The number of ether oxygens (including phenoxy) is 1. The van der Waals surface area contributed by atoms with E-state index in [0.29, 0.717) is 25.3 Å². The smallest absolute Gasteiger partial charge is 0.295 e. The van der Waals surface area contributed by atoms with E-state index in [1.54, 1.807) is 4.90 Å². The average Bonchev–Trinajstić information content (AvgIpc) is 3.03. The van der Waals surface area contributed by atoms with Gasteiger partial charge in [0.15, 0.2) is 0 Å². The molecular weight excluding hydrogens is 328 g/mol. The Bertz CT molecular complexity index is 962. The Hall–Kier alpha value is -2.92. The van der Waals surface area contributed by atoms with Crippen LogP contribution in [0.5, 0.6) is 0 Å². The van der Waals surface area contributed by atoms with Gasteiger partial charge in [0.25, 0.3) is 11.7 Å². The van der Waals surface area contributed by atoms with E-state index in [9.17, 15) is 9.59 Å². The van der Waals surface area contributed by atoms with Crippen molar-refractivity contribution in [3.8, 4) is 0 Å². The Kier molecular flexibility index (Phi) is 4.31. The minimum Gasteiger partial charge on any atom is -0.370 e. The predicted octanol–water partition coefficient (Wildman–Crippen LogP) is 3.26. The van der Waals surface area contributed by atoms with E-state index >= 15 is 0 Å². The zero-order valence-corrected chi connectivity index (χ0v) is 14.6. The monoisotopic (exact) mass is 348 g/mol. The maximum absolute atomic E-state index is 12.9. The number of Topliss-reactive ketones (excluding diaryl/α,β-unsaturated/α-hetero) is 1. The molecule has 1 aliphatic heterocycles. The van der Waals surface area contributed by atoms with Crippen LogP contribution in [0, 0.1) is 6.92 Å². The van der Waals surface area contributed by atoms with Gasteiger partial charge in [-0.1, -0.05) is 48.5 Å². The lowest BCUT2D eigenvalue weighted by Gasteiger charge is -2.32. The molecule has 1 saturated heterocycles. The number of hydrogen-bond donors (Lipinski definition) is 1. The molecule has 5 nitrogen and oxygen atoms in total. The number of rotatable bonds is 3. The van der Waals surface area contributed by atoms with Gasteiger partial charge in [0.2, 0.25) is 0 Å². The molecule has 26 heavy (non-hydrogen) atoms. The Morgan fingerprint density at radius 3 is 2.62 bits per heavy atom. The largest absolute Gasteiger partial charge is 0.370 e. The van der Waals surface area contributed by atoms with E-state index in [1.165, 1.54) is 0 Å². The lowest BCUT2D eigenvalue weighted by atomic mass is 10.0. The van der Waals surface area contributed by atoms with Crippen LogP contribution < -0.4 is 0 Å². The van der Waals surface area contributed by atoms with Crippen molar-refractivity contribution in [3.63, 3.8) is 0 Å². The third kappa shape index (κ3) is 2.91. The van der Waals surface area contributed by atoms with Gasteiger partial charge in [0.1, 0.15) is 6.10 Å². The molecule has 1 fully saturated rings. The van der Waals surface area contributed by atoms with Crippen molar-refractivity contribution in [1.29, 1.82) is 0 Å². The van der Waals surface area contributed by atoms with E-state index in [0.717, 1.165) is 22.2 Å². The van der Waals surface area contributed by atoms with Crippen molar-refractivity contribution >= 4 is 22.6 Å². The second-order valence-electron chi connectivity index (χ2n) is 6.52. The molecule has 5 heteroatoms. The van der Waals surface area contributed by atoms with Gasteiger partial charge < -0.3 is 14.6 Å². The van der Waals surface area contributed by atoms with Crippen LogP contribution in [-0.2, 0) is 9.53 Å². The molecule has 4 rings (SSSR count). The molecule has 1 amide bonds. The number of aromatic nitrogens is 1. The lowest BCUT2D eigenvalue weighted by Crippen LogP contribution is -2.45. The molecule has 0 bridgehead atoms. The van der Waals surface area contributed by atoms with E-state index < -0.39 is 11.7 Å². The third-order valence-electron chi connectivity index (χ3n) is 4.84. The van der Waals surface area contributed by atoms with Gasteiger partial charge in [-0.3, -0.25) is 9.59 Å². The average molecular weight is 348 g/mol. The predicted molar refractivity (Wildman–Crippen MR) is 99.1 cm³/mol. The van der Waals surface area contributed by atoms with Crippen LogP contribution in [-0.4, -0.2) is 41.3 Å². The number of benzene rings is 2. The van der Waals surface area contributed by atoms with E-state index in [-0.39, 0.29) is 6.10 Å². The summed E-state index contributed by atoms with van der Waals surface area (Å²) in [6.07, 6.45) is -0.203. The van der Waals surface area contributed by atoms with E-state index in [2.05, 4.69) is 4.98 Å². The molecule has 2 aromatic carbocycles. The highest BCUT2D eigenvalue weighted by atomic mass is 16.5. The molecule has 1 aromatic heterocycles. The zero-order chi connectivity index (χ0) is 18.1. The molecule has 1 atom stereocenters. The zero-order valence-electron chi connectivity index (χ0n) is 14.6. The quantitative estimate of drug-likeness (QED) is 0.584. The van der Waals surface area contributed by atoms with Gasteiger partial charge >= 0.3 is 0 Å². The molecule has 0 saturated carbocycles. The first-order valence-electron chi connectivity index (χ1n) is 8.72. The van der Waals surface area contributed by atoms with Gasteiger partial charge in [0.05, 0.1) is 18.7 Å². The van der Waals surface area contributed by atoms with Crippen molar-refractivity contribution in [2.24, 2.45) is 0 Å². The first kappa shape index (κ1) is 16.5. The van der Waals surface area contributed by atoms with Gasteiger partial charge in [0, 0.05) is 23.1 Å². The van der Waals surface area contributed by atoms with Crippen LogP contribution in [0.25, 0.3) is 10.9 Å². The Morgan fingerprint density at radius 1 is 1.08 bits per heavy atom. The summed E-state index contributed by atoms with van der Waals surface area (Å²) < 4.78 is 5.80. The molecular formula is C21H20N2O3. The summed E-state index contributed by atoms with van der Waals surface area (Å²) in [5, 5.41) is 0.788. The van der Waals surface area contributed by atoms with Crippen molar-refractivity contribution < 1.29 is 14.3 Å². The van der Waals surface area contributed by atoms with E-state index in [1.807, 2.05) is 61.5 Å². The molecule has 1 N–H and O–H groups in total. The van der Waals surface area contributed by atoms with E-state index in [4.69, 9.17) is 4.74 Å². The fourth-order valence-corrected chi connectivity index (χ4v) is 3.52. The van der Waals surface area contributed by atoms with Crippen LogP contribution in [0.2, 0.25) is 0 Å². The van der Waals surface area contributed by atoms with Crippen LogP contribution in [0.15, 0.2) is 54.6 Å². The number of para-hydroxylation sites is 1. The molecule has 1 unspecified atom stereocenters. The highest BCUT2D eigenvalue weighted by molar-refractivity contribution is 6.45. The number of carbonyl (C=O) groups excluding carboxylic acids is 2.